The predicted molar refractivity (Wildman–Crippen MR) is 85.4 cm³/mol. The largest absolute Gasteiger partial charge is 0.444 e. The molecule has 1 heterocycles. The van der Waals surface area contributed by atoms with Gasteiger partial charge in [-0.25, -0.2) is 4.79 Å². The second-order valence-electron chi connectivity index (χ2n) is 7.92. The number of likely N-dealkylation sites (tertiary alicyclic amines) is 1. The maximum atomic E-state index is 12.3. The molecular formula is C17H32N2O2. The zero-order valence-corrected chi connectivity index (χ0v) is 14.2. The molecule has 2 rings (SSSR count). The molecule has 1 amide bonds. The number of hydrogen-bond acceptors (Lipinski definition) is 3. The molecule has 0 spiro atoms. The second kappa shape index (κ2) is 6.99. The molecule has 0 radical (unpaired) electrons. The van der Waals surface area contributed by atoms with E-state index in [9.17, 15) is 4.79 Å². The Morgan fingerprint density at radius 1 is 1.10 bits per heavy atom. The summed E-state index contributed by atoms with van der Waals surface area (Å²) in [6, 6.07) is 1.07. The molecular weight excluding hydrogens is 264 g/mol. The van der Waals surface area contributed by atoms with Crippen molar-refractivity contribution in [2.45, 2.75) is 83.9 Å². The van der Waals surface area contributed by atoms with Crippen LogP contribution in [0.2, 0.25) is 0 Å². The number of carbonyl (C=O) groups is 1. The minimum Gasteiger partial charge on any atom is -0.444 e. The van der Waals surface area contributed by atoms with Crippen LogP contribution in [0.4, 0.5) is 4.79 Å². The SMILES string of the molecule is CC1CC(NC2CCCCC2)CN(C(=O)OC(C)(C)C)C1. The van der Waals surface area contributed by atoms with Crippen molar-refractivity contribution in [3.05, 3.63) is 0 Å². The van der Waals surface area contributed by atoms with E-state index >= 15 is 0 Å². The number of hydrogen-bond donors (Lipinski definition) is 1. The number of amides is 1. The van der Waals surface area contributed by atoms with Crippen LogP contribution in [-0.4, -0.2) is 41.8 Å². The normalized spacial score (nSPS) is 28.5. The molecule has 1 saturated carbocycles. The molecule has 2 aliphatic rings. The fraction of sp³-hybridized carbons (Fsp3) is 0.941. The first-order valence-electron chi connectivity index (χ1n) is 8.57. The lowest BCUT2D eigenvalue weighted by atomic mass is 9.91. The van der Waals surface area contributed by atoms with E-state index in [0.717, 1.165) is 19.5 Å². The van der Waals surface area contributed by atoms with Gasteiger partial charge < -0.3 is 15.0 Å². The predicted octanol–water partition coefficient (Wildman–Crippen LogP) is 3.55. The molecule has 2 unspecified atom stereocenters. The summed E-state index contributed by atoms with van der Waals surface area (Å²) in [7, 11) is 0. The van der Waals surface area contributed by atoms with E-state index in [2.05, 4.69) is 12.2 Å². The summed E-state index contributed by atoms with van der Waals surface area (Å²) in [5.74, 6) is 0.535. The van der Waals surface area contributed by atoms with E-state index < -0.39 is 5.60 Å². The van der Waals surface area contributed by atoms with E-state index in [4.69, 9.17) is 4.74 Å². The third-order valence-electron chi connectivity index (χ3n) is 4.39. The molecule has 21 heavy (non-hydrogen) atoms. The molecule has 122 valence electrons. The van der Waals surface area contributed by atoms with Crippen molar-refractivity contribution in [2.24, 2.45) is 5.92 Å². The Hall–Kier alpha value is -0.770. The molecule has 0 aromatic rings. The van der Waals surface area contributed by atoms with Gasteiger partial charge in [-0.15, -0.1) is 0 Å². The summed E-state index contributed by atoms with van der Waals surface area (Å²) in [5, 5.41) is 3.79. The zero-order chi connectivity index (χ0) is 15.5. The third-order valence-corrected chi connectivity index (χ3v) is 4.39. The van der Waals surface area contributed by atoms with Gasteiger partial charge in [0, 0.05) is 25.2 Å². The second-order valence-corrected chi connectivity index (χ2v) is 7.92. The van der Waals surface area contributed by atoms with Crippen LogP contribution in [0.3, 0.4) is 0 Å². The quantitative estimate of drug-likeness (QED) is 0.847. The molecule has 4 nitrogen and oxygen atoms in total. The summed E-state index contributed by atoms with van der Waals surface area (Å²) in [6.45, 7) is 9.61. The average Bonchev–Trinajstić information content (AvgIpc) is 2.37. The molecule has 0 aromatic carbocycles. The van der Waals surface area contributed by atoms with Gasteiger partial charge in [-0.2, -0.15) is 0 Å². The lowest BCUT2D eigenvalue weighted by molar-refractivity contribution is 0.0129. The first kappa shape index (κ1) is 16.6. The highest BCUT2D eigenvalue weighted by molar-refractivity contribution is 5.68. The molecule has 0 aromatic heterocycles. The van der Waals surface area contributed by atoms with Crippen LogP contribution in [0.25, 0.3) is 0 Å². The van der Waals surface area contributed by atoms with Gasteiger partial charge in [0.15, 0.2) is 0 Å². The Kier molecular flexibility index (Phi) is 5.53. The van der Waals surface area contributed by atoms with Crippen LogP contribution < -0.4 is 5.32 Å². The van der Waals surface area contributed by atoms with Crippen molar-refractivity contribution in [1.82, 2.24) is 10.2 Å². The van der Waals surface area contributed by atoms with Crippen LogP contribution >= 0.6 is 0 Å². The van der Waals surface area contributed by atoms with Crippen LogP contribution in [0, 0.1) is 5.92 Å². The summed E-state index contributed by atoms with van der Waals surface area (Å²) in [6.07, 6.45) is 7.64. The maximum Gasteiger partial charge on any atom is 0.410 e. The van der Waals surface area contributed by atoms with Gasteiger partial charge in [0.25, 0.3) is 0 Å². The van der Waals surface area contributed by atoms with Crippen LogP contribution in [0.15, 0.2) is 0 Å². The van der Waals surface area contributed by atoms with Gasteiger partial charge in [-0.3, -0.25) is 0 Å². The highest BCUT2D eigenvalue weighted by Crippen LogP contribution is 2.23. The topological polar surface area (TPSA) is 41.6 Å². The van der Waals surface area contributed by atoms with E-state index in [1.54, 1.807) is 0 Å². The highest BCUT2D eigenvalue weighted by Gasteiger charge is 2.31. The van der Waals surface area contributed by atoms with Crippen LogP contribution in [-0.2, 0) is 4.74 Å². The molecule has 1 aliphatic carbocycles. The van der Waals surface area contributed by atoms with Crippen molar-refractivity contribution in [2.75, 3.05) is 13.1 Å². The Morgan fingerprint density at radius 2 is 1.76 bits per heavy atom. The molecule has 1 N–H and O–H groups in total. The Labute approximate surface area is 129 Å². The summed E-state index contributed by atoms with van der Waals surface area (Å²) < 4.78 is 5.52. The van der Waals surface area contributed by atoms with Crippen LogP contribution in [0.5, 0.6) is 0 Å². The van der Waals surface area contributed by atoms with Crippen molar-refractivity contribution < 1.29 is 9.53 Å². The minimum atomic E-state index is -0.413. The van der Waals surface area contributed by atoms with Gasteiger partial charge in [0.2, 0.25) is 0 Å². The Balaban J connectivity index is 1.87. The zero-order valence-electron chi connectivity index (χ0n) is 14.2. The third kappa shape index (κ3) is 5.50. The summed E-state index contributed by atoms with van der Waals surface area (Å²) in [5.41, 5.74) is -0.413. The maximum absolute atomic E-state index is 12.3. The molecule has 4 heteroatoms. The van der Waals surface area contributed by atoms with Crippen molar-refractivity contribution in [3.63, 3.8) is 0 Å². The first-order valence-corrected chi connectivity index (χ1v) is 8.57. The molecule has 2 atom stereocenters. The lowest BCUT2D eigenvalue weighted by Gasteiger charge is -2.39. The van der Waals surface area contributed by atoms with Gasteiger partial charge in [-0.05, 0) is 46.0 Å². The fourth-order valence-electron chi connectivity index (χ4n) is 3.55. The van der Waals surface area contributed by atoms with E-state index in [1.165, 1.54) is 32.1 Å². The van der Waals surface area contributed by atoms with Crippen molar-refractivity contribution >= 4 is 6.09 Å². The highest BCUT2D eigenvalue weighted by atomic mass is 16.6. The first-order chi connectivity index (χ1) is 9.83. The van der Waals surface area contributed by atoms with Gasteiger partial charge in [0.1, 0.15) is 5.60 Å². The van der Waals surface area contributed by atoms with E-state index in [1.807, 2.05) is 25.7 Å². The van der Waals surface area contributed by atoms with Crippen molar-refractivity contribution in [3.8, 4) is 0 Å². The fourth-order valence-corrected chi connectivity index (χ4v) is 3.55. The number of piperidine rings is 1. The minimum absolute atomic E-state index is 0.163. The standard InChI is InChI=1S/C17H32N2O2/c1-13-10-15(18-14-8-6-5-7-9-14)12-19(11-13)16(20)21-17(2,3)4/h13-15,18H,5-12H2,1-4H3. The van der Waals surface area contributed by atoms with Gasteiger partial charge in [0.05, 0.1) is 0 Å². The van der Waals surface area contributed by atoms with E-state index in [0.29, 0.717) is 18.0 Å². The average molecular weight is 296 g/mol. The molecule has 1 aliphatic heterocycles. The lowest BCUT2D eigenvalue weighted by Crippen LogP contribution is -2.54. The van der Waals surface area contributed by atoms with Crippen molar-refractivity contribution in [1.29, 1.82) is 0 Å². The number of nitrogens with one attached hydrogen (secondary N) is 1. The monoisotopic (exact) mass is 296 g/mol. The number of ether oxygens (including phenoxy) is 1. The summed E-state index contributed by atoms with van der Waals surface area (Å²) >= 11 is 0. The summed E-state index contributed by atoms with van der Waals surface area (Å²) in [4.78, 5) is 14.2. The number of rotatable bonds is 2. The number of nitrogens with zero attached hydrogens (tertiary/aromatic N) is 1. The molecule has 1 saturated heterocycles. The Bertz CT molecular complexity index is 345. The molecule has 2 fully saturated rings. The van der Waals surface area contributed by atoms with Crippen LogP contribution in [0.1, 0.15) is 66.2 Å². The smallest absolute Gasteiger partial charge is 0.410 e. The van der Waals surface area contributed by atoms with E-state index in [-0.39, 0.29) is 6.09 Å². The van der Waals surface area contributed by atoms with Gasteiger partial charge in [-0.1, -0.05) is 26.2 Å². The van der Waals surface area contributed by atoms with Gasteiger partial charge >= 0.3 is 6.09 Å². The molecule has 0 bridgehead atoms. The Morgan fingerprint density at radius 3 is 2.38 bits per heavy atom. The number of carbonyl (C=O) groups excluding carboxylic acids is 1.